The standard InChI is InChI=1S/C19H37NO3/c1-4-5-6-7-8-9-10-11-12-13-19(22)23-15-14-20-18(21)16-17(2)3/h17H,4-16H2,1-3H3,(H,20,21). The van der Waals surface area contributed by atoms with Crippen LogP contribution in [0.15, 0.2) is 0 Å². The molecule has 0 aromatic rings. The van der Waals surface area contributed by atoms with E-state index < -0.39 is 0 Å². The summed E-state index contributed by atoms with van der Waals surface area (Å²) in [5, 5.41) is 2.76. The molecule has 0 heterocycles. The maximum atomic E-state index is 11.5. The number of hydrogen-bond donors (Lipinski definition) is 1. The van der Waals surface area contributed by atoms with Crippen molar-refractivity contribution in [2.45, 2.75) is 91.4 Å². The molecule has 0 atom stereocenters. The van der Waals surface area contributed by atoms with Crippen LogP contribution in [0.25, 0.3) is 0 Å². The Hall–Kier alpha value is -1.06. The highest BCUT2D eigenvalue weighted by molar-refractivity contribution is 5.76. The molecule has 136 valence electrons. The van der Waals surface area contributed by atoms with E-state index in [0.717, 1.165) is 12.8 Å². The first-order valence-electron chi connectivity index (χ1n) is 9.48. The maximum Gasteiger partial charge on any atom is 0.305 e. The largest absolute Gasteiger partial charge is 0.464 e. The van der Waals surface area contributed by atoms with Gasteiger partial charge in [0.2, 0.25) is 5.91 Å². The molecule has 0 saturated carbocycles. The van der Waals surface area contributed by atoms with Crippen LogP contribution in [0.1, 0.15) is 91.4 Å². The minimum absolute atomic E-state index is 0.0231. The zero-order chi connectivity index (χ0) is 17.3. The van der Waals surface area contributed by atoms with Gasteiger partial charge < -0.3 is 10.1 Å². The van der Waals surface area contributed by atoms with Crippen LogP contribution in [-0.2, 0) is 14.3 Å². The van der Waals surface area contributed by atoms with Gasteiger partial charge in [-0.25, -0.2) is 0 Å². The van der Waals surface area contributed by atoms with Gasteiger partial charge in [0.05, 0.1) is 6.54 Å². The van der Waals surface area contributed by atoms with E-state index in [1.54, 1.807) is 0 Å². The maximum absolute atomic E-state index is 11.5. The molecule has 0 rings (SSSR count). The van der Waals surface area contributed by atoms with Gasteiger partial charge in [0.1, 0.15) is 6.61 Å². The lowest BCUT2D eigenvalue weighted by molar-refractivity contribution is -0.144. The smallest absolute Gasteiger partial charge is 0.305 e. The second-order valence-electron chi connectivity index (χ2n) is 6.75. The molecule has 4 heteroatoms. The van der Waals surface area contributed by atoms with Crippen molar-refractivity contribution in [1.29, 1.82) is 0 Å². The second-order valence-corrected chi connectivity index (χ2v) is 6.75. The normalized spacial score (nSPS) is 10.8. The van der Waals surface area contributed by atoms with Crippen molar-refractivity contribution < 1.29 is 14.3 Å². The molecule has 1 N–H and O–H groups in total. The Bertz CT molecular complexity index is 303. The van der Waals surface area contributed by atoms with Gasteiger partial charge in [-0.15, -0.1) is 0 Å². The van der Waals surface area contributed by atoms with E-state index in [9.17, 15) is 9.59 Å². The fraction of sp³-hybridized carbons (Fsp3) is 0.895. The number of rotatable bonds is 15. The lowest BCUT2D eigenvalue weighted by Crippen LogP contribution is -2.28. The van der Waals surface area contributed by atoms with E-state index in [4.69, 9.17) is 4.74 Å². The van der Waals surface area contributed by atoms with Crippen molar-refractivity contribution in [2.24, 2.45) is 5.92 Å². The van der Waals surface area contributed by atoms with Gasteiger partial charge in [0.15, 0.2) is 0 Å². The Morgan fingerprint density at radius 1 is 0.913 bits per heavy atom. The third kappa shape index (κ3) is 17.1. The molecule has 0 aliphatic carbocycles. The fourth-order valence-electron chi connectivity index (χ4n) is 2.45. The van der Waals surface area contributed by atoms with Gasteiger partial charge in [0, 0.05) is 12.8 Å². The molecule has 23 heavy (non-hydrogen) atoms. The first-order chi connectivity index (χ1) is 11.1. The third-order valence-electron chi connectivity index (χ3n) is 3.77. The van der Waals surface area contributed by atoms with Gasteiger partial charge in [-0.05, 0) is 12.3 Å². The van der Waals surface area contributed by atoms with E-state index >= 15 is 0 Å². The molecule has 0 aromatic heterocycles. The minimum atomic E-state index is -0.147. The summed E-state index contributed by atoms with van der Waals surface area (Å²) in [6, 6.07) is 0. The Morgan fingerprint density at radius 2 is 1.48 bits per heavy atom. The van der Waals surface area contributed by atoms with E-state index in [1.165, 1.54) is 44.9 Å². The minimum Gasteiger partial charge on any atom is -0.464 e. The van der Waals surface area contributed by atoms with Gasteiger partial charge in [-0.1, -0.05) is 72.1 Å². The predicted octanol–water partition coefficient (Wildman–Crippen LogP) is 4.61. The fourth-order valence-corrected chi connectivity index (χ4v) is 2.45. The molecule has 0 spiro atoms. The van der Waals surface area contributed by atoms with E-state index in [2.05, 4.69) is 12.2 Å². The Balaban J connectivity index is 3.29. The Labute approximate surface area is 142 Å². The number of carbonyl (C=O) groups is 2. The molecule has 0 radical (unpaired) electrons. The van der Waals surface area contributed by atoms with Gasteiger partial charge in [0.25, 0.3) is 0 Å². The topological polar surface area (TPSA) is 55.4 Å². The monoisotopic (exact) mass is 327 g/mol. The average molecular weight is 328 g/mol. The summed E-state index contributed by atoms with van der Waals surface area (Å²) in [4.78, 5) is 22.9. The molecular weight excluding hydrogens is 290 g/mol. The lowest BCUT2D eigenvalue weighted by atomic mass is 10.1. The van der Waals surface area contributed by atoms with Crippen LogP contribution >= 0.6 is 0 Å². The highest BCUT2D eigenvalue weighted by Gasteiger charge is 2.05. The van der Waals surface area contributed by atoms with Gasteiger partial charge in [-0.2, -0.15) is 0 Å². The van der Waals surface area contributed by atoms with Crippen LogP contribution in [0, 0.1) is 5.92 Å². The van der Waals surface area contributed by atoms with Crippen LogP contribution in [0.4, 0.5) is 0 Å². The van der Waals surface area contributed by atoms with Crippen LogP contribution in [0.2, 0.25) is 0 Å². The van der Waals surface area contributed by atoms with Gasteiger partial charge >= 0.3 is 5.97 Å². The Kier molecular flexibility index (Phi) is 15.1. The first kappa shape index (κ1) is 21.9. The molecular formula is C19H37NO3. The van der Waals surface area contributed by atoms with E-state index in [-0.39, 0.29) is 18.5 Å². The number of hydrogen-bond acceptors (Lipinski definition) is 3. The second kappa shape index (κ2) is 15.8. The summed E-state index contributed by atoms with van der Waals surface area (Å²) in [5.41, 5.74) is 0. The Morgan fingerprint density at radius 3 is 2.04 bits per heavy atom. The zero-order valence-electron chi connectivity index (χ0n) is 15.5. The molecule has 0 bridgehead atoms. The van der Waals surface area contributed by atoms with Crippen molar-refractivity contribution in [1.82, 2.24) is 5.32 Å². The molecule has 0 unspecified atom stereocenters. The number of unbranched alkanes of at least 4 members (excludes halogenated alkanes) is 8. The average Bonchev–Trinajstić information content (AvgIpc) is 2.49. The number of amides is 1. The van der Waals surface area contributed by atoms with Crippen molar-refractivity contribution >= 4 is 11.9 Å². The SMILES string of the molecule is CCCCCCCCCCCC(=O)OCCNC(=O)CC(C)C. The van der Waals surface area contributed by atoms with Crippen molar-refractivity contribution in [3.8, 4) is 0 Å². The van der Waals surface area contributed by atoms with Crippen molar-refractivity contribution in [2.75, 3.05) is 13.2 Å². The van der Waals surface area contributed by atoms with Crippen molar-refractivity contribution in [3.05, 3.63) is 0 Å². The van der Waals surface area contributed by atoms with Gasteiger partial charge in [-0.3, -0.25) is 9.59 Å². The number of esters is 1. The zero-order valence-corrected chi connectivity index (χ0v) is 15.5. The number of nitrogens with one attached hydrogen (secondary N) is 1. The third-order valence-corrected chi connectivity index (χ3v) is 3.77. The summed E-state index contributed by atoms with van der Waals surface area (Å²) < 4.78 is 5.12. The van der Waals surface area contributed by atoms with E-state index in [1.807, 2.05) is 13.8 Å². The molecule has 4 nitrogen and oxygen atoms in total. The van der Waals surface area contributed by atoms with Crippen LogP contribution in [-0.4, -0.2) is 25.0 Å². The van der Waals surface area contributed by atoms with Crippen LogP contribution in [0.5, 0.6) is 0 Å². The summed E-state index contributed by atoms with van der Waals surface area (Å²) in [6.45, 7) is 6.93. The summed E-state index contributed by atoms with van der Waals surface area (Å²) in [5.74, 6) is 0.227. The first-order valence-corrected chi connectivity index (χ1v) is 9.48. The summed E-state index contributed by atoms with van der Waals surface area (Å²) >= 11 is 0. The predicted molar refractivity (Wildman–Crippen MR) is 95.3 cm³/mol. The quantitative estimate of drug-likeness (QED) is 0.353. The molecule has 0 fully saturated rings. The van der Waals surface area contributed by atoms with E-state index in [0.29, 0.717) is 25.3 Å². The molecule has 1 amide bonds. The molecule has 0 aliphatic rings. The number of ether oxygens (including phenoxy) is 1. The number of carbonyl (C=O) groups excluding carboxylic acids is 2. The van der Waals surface area contributed by atoms with Crippen molar-refractivity contribution in [3.63, 3.8) is 0 Å². The molecule has 0 aliphatic heterocycles. The summed E-state index contributed by atoms with van der Waals surface area (Å²) in [7, 11) is 0. The summed E-state index contributed by atoms with van der Waals surface area (Å²) in [6.07, 6.45) is 12.2. The molecule has 0 aromatic carbocycles. The van der Waals surface area contributed by atoms with Crippen LogP contribution in [0.3, 0.4) is 0 Å². The highest BCUT2D eigenvalue weighted by Crippen LogP contribution is 2.10. The van der Waals surface area contributed by atoms with Crippen LogP contribution < -0.4 is 5.32 Å². The molecule has 0 saturated heterocycles. The highest BCUT2D eigenvalue weighted by atomic mass is 16.5. The lowest BCUT2D eigenvalue weighted by Gasteiger charge is -2.08.